The molecule has 0 bridgehead atoms. The zero-order valence-electron chi connectivity index (χ0n) is 17.0. The Labute approximate surface area is 184 Å². The van der Waals surface area contributed by atoms with E-state index in [0.717, 1.165) is 5.69 Å². The number of alkyl halides is 2. The maximum Gasteiger partial charge on any atom is 0.387 e. The van der Waals surface area contributed by atoms with E-state index in [0.29, 0.717) is 16.4 Å². The van der Waals surface area contributed by atoms with Crippen LogP contribution >= 0.6 is 12.2 Å². The molecule has 1 aliphatic heterocycles. The summed E-state index contributed by atoms with van der Waals surface area (Å²) in [5.74, 6) is -0.664. The van der Waals surface area contributed by atoms with Crippen molar-refractivity contribution in [2.45, 2.75) is 19.6 Å². The number of carbonyl (C=O) groups excluding carboxylic acids is 1. The van der Waals surface area contributed by atoms with Crippen LogP contribution in [0.4, 0.5) is 14.5 Å². The molecule has 1 N–H and O–H groups in total. The van der Waals surface area contributed by atoms with Gasteiger partial charge in [-0.05, 0) is 37.3 Å². The van der Waals surface area contributed by atoms with Gasteiger partial charge < -0.3 is 19.5 Å². The van der Waals surface area contributed by atoms with Crippen molar-refractivity contribution in [3.05, 3.63) is 71.4 Å². The van der Waals surface area contributed by atoms with Gasteiger partial charge in [0.25, 0.3) is 0 Å². The number of esters is 1. The van der Waals surface area contributed by atoms with Gasteiger partial charge in [-0.15, -0.1) is 0 Å². The Morgan fingerprint density at radius 3 is 2.48 bits per heavy atom. The Hall–Kier alpha value is -3.04. The third-order valence-corrected chi connectivity index (χ3v) is 4.99. The highest BCUT2D eigenvalue weighted by Gasteiger charge is 2.37. The predicted molar refractivity (Wildman–Crippen MR) is 116 cm³/mol. The van der Waals surface area contributed by atoms with Crippen LogP contribution in [0, 0.1) is 0 Å². The van der Waals surface area contributed by atoms with E-state index in [1.165, 1.54) is 13.2 Å². The van der Waals surface area contributed by atoms with Crippen molar-refractivity contribution in [2.75, 3.05) is 25.2 Å². The molecule has 1 aliphatic rings. The Bertz CT molecular complexity index is 969. The van der Waals surface area contributed by atoms with E-state index in [2.05, 4.69) is 10.1 Å². The highest BCUT2D eigenvalue weighted by atomic mass is 32.1. The number of halogens is 2. The van der Waals surface area contributed by atoms with Crippen LogP contribution in [0.2, 0.25) is 0 Å². The number of benzene rings is 2. The number of nitrogens with one attached hydrogen (secondary N) is 1. The number of ether oxygens (including phenoxy) is 3. The van der Waals surface area contributed by atoms with Crippen LogP contribution in [0.15, 0.2) is 65.9 Å². The van der Waals surface area contributed by atoms with E-state index in [-0.39, 0.29) is 24.5 Å². The molecule has 1 heterocycles. The van der Waals surface area contributed by atoms with Crippen LogP contribution < -0.4 is 15.0 Å². The number of hydrogen-bond acceptors (Lipinski definition) is 5. The lowest BCUT2D eigenvalue weighted by atomic mass is 9.94. The highest BCUT2D eigenvalue weighted by Crippen LogP contribution is 2.38. The van der Waals surface area contributed by atoms with Crippen molar-refractivity contribution in [3.8, 4) is 5.75 Å². The lowest BCUT2D eigenvalue weighted by Crippen LogP contribution is -2.48. The first kappa shape index (κ1) is 22.6. The molecule has 0 fully saturated rings. The molecule has 3 rings (SSSR count). The second kappa shape index (κ2) is 10.3. The summed E-state index contributed by atoms with van der Waals surface area (Å²) < 4.78 is 40.9. The van der Waals surface area contributed by atoms with E-state index in [1.54, 1.807) is 30.0 Å². The molecule has 31 heavy (non-hydrogen) atoms. The quantitative estimate of drug-likeness (QED) is 0.369. The highest BCUT2D eigenvalue weighted by molar-refractivity contribution is 7.80. The maximum atomic E-state index is 13.0. The number of hydrogen-bond donors (Lipinski definition) is 1. The number of rotatable bonds is 8. The van der Waals surface area contributed by atoms with Crippen LogP contribution in [0.3, 0.4) is 0 Å². The van der Waals surface area contributed by atoms with Crippen molar-refractivity contribution < 1.29 is 27.8 Å². The topological polar surface area (TPSA) is 60.0 Å². The molecule has 9 heteroatoms. The molecule has 1 unspecified atom stereocenters. The molecule has 2 aromatic rings. The first-order valence-corrected chi connectivity index (χ1v) is 9.91. The summed E-state index contributed by atoms with van der Waals surface area (Å²) >= 11 is 5.56. The van der Waals surface area contributed by atoms with Gasteiger partial charge >= 0.3 is 12.6 Å². The Balaban J connectivity index is 2.09. The molecular weight excluding hydrogens is 426 g/mol. The van der Waals surface area contributed by atoms with Crippen LogP contribution in [0.25, 0.3) is 0 Å². The van der Waals surface area contributed by atoms with Crippen molar-refractivity contribution in [1.82, 2.24) is 5.32 Å². The van der Waals surface area contributed by atoms with Crippen molar-refractivity contribution in [3.63, 3.8) is 0 Å². The summed E-state index contributed by atoms with van der Waals surface area (Å²) in [6.07, 6.45) is 0. The van der Waals surface area contributed by atoms with Crippen LogP contribution in [-0.4, -0.2) is 38.0 Å². The van der Waals surface area contributed by atoms with Crippen LogP contribution in [0.5, 0.6) is 5.75 Å². The molecule has 0 amide bonds. The maximum absolute atomic E-state index is 13.0. The zero-order valence-corrected chi connectivity index (χ0v) is 17.8. The average Bonchev–Trinajstić information content (AvgIpc) is 2.74. The average molecular weight is 448 g/mol. The fraction of sp³-hybridized carbons (Fsp3) is 0.273. The van der Waals surface area contributed by atoms with Gasteiger partial charge in [0.05, 0.1) is 18.2 Å². The van der Waals surface area contributed by atoms with E-state index >= 15 is 0 Å². The lowest BCUT2D eigenvalue weighted by molar-refractivity contribution is -0.140. The summed E-state index contributed by atoms with van der Waals surface area (Å²) in [6, 6.07) is 14.7. The molecule has 0 aliphatic carbocycles. The van der Waals surface area contributed by atoms with Crippen molar-refractivity contribution in [2.24, 2.45) is 0 Å². The predicted octanol–water partition coefficient (Wildman–Crippen LogP) is 4.19. The molecule has 0 radical (unpaired) electrons. The fourth-order valence-corrected chi connectivity index (χ4v) is 3.71. The lowest BCUT2D eigenvalue weighted by Gasteiger charge is -2.37. The number of nitrogens with zero attached hydrogens (tertiary/aromatic N) is 1. The molecule has 0 spiro atoms. The van der Waals surface area contributed by atoms with Crippen molar-refractivity contribution >= 4 is 29.0 Å². The molecule has 2 aromatic carbocycles. The van der Waals surface area contributed by atoms with E-state index in [4.69, 9.17) is 21.7 Å². The summed E-state index contributed by atoms with van der Waals surface area (Å²) in [4.78, 5) is 14.8. The van der Waals surface area contributed by atoms with Gasteiger partial charge in [0.15, 0.2) is 5.11 Å². The first-order valence-electron chi connectivity index (χ1n) is 9.50. The third-order valence-electron chi connectivity index (χ3n) is 4.69. The summed E-state index contributed by atoms with van der Waals surface area (Å²) in [5.41, 5.74) is 1.85. The van der Waals surface area contributed by atoms with Crippen LogP contribution in [0.1, 0.15) is 18.5 Å². The van der Waals surface area contributed by atoms with Crippen molar-refractivity contribution in [1.29, 1.82) is 0 Å². The van der Waals surface area contributed by atoms with Gasteiger partial charge in [0, 0.05) is 24.1 Å². The molecule has 6 nitrogen and oxygen atoms in total. The number of methoxy groups -OCH3 is 1. The first-order chi connectivity index (χ1) is 14.9. The number of carbonyl (C=O) groups is 1. The minimum atomic E-state index is -3.01. The van der Waals surface area contributed by atoms with E-state index in [1.807, 2.05) is 30.3 Å². The van der Waals surface area contributed by atoms with Gasteiger partial charge in [0.1, 0.15) is 12.4 Å². The minimum absolute atomic E-state index is 0.0454. The Kier molecular flexibility index (Phi) is 7.54. The molecule has 0 aromatic heterocycles. The number of anilines is 1. The smallest absolute Gasteiger partial charge is 0.387 e. The number of allylic oxidation sites excluding steroid dienone is 1. The van der Waals surface area contributed by atoms with E-state index in [9.17, 15) is 13.6 Å². The van der Waals surface area contributed by atoms with Gasteiger partial charge in [-0.25, -0.2) is 4.79 Å². The molecule has 0 saturated carbocycles. The standard InChI is InChI=1S/C22H22F2N2O4S/c1-14-18(20(27)29-13-12-28-2)19(16-10-6-7-11-17(16)30-21(23)24)25-22(31)26(14)15-8-4-3-5-9-15/h3-11,19,21H,12-13H2,1-2H3,(H,25,31). The number of thiocarbonyl (C=S) groups is 1. The van der Waals surface area contributed by atoms with E-state index < -0.39 is 18.6 Å². The monoisotopic (exact) mass is 448 g/mol. The molecule has 0 saturated heterocycles. The zero-order chi connectivity index (χ0) is 22.4. The Morgan fingerprint density at radius 2 is 1.81 bits per heavy atom. The molecule has 164 valence electrons. The van der Waals surface area contributed by atoms with Gasteiger partial charge in [-0.1, -0.05) is 36.4 Å². The largest absolute Gasteiger partial charge is 0.460 e. The Morgan fingerprint density at radius 1 is 1.13 bits per heavy atom. The fourth-order valence-electron chi connectivity index (χ4n) is 3.35. The van der Waals surface area contributed by atoms with Crippen LogP contribution in [-0.2, 0) is 14.3 Å². The summed E-state index contributed by atoms with van der Waals surface area (Å²) in [7, 11) is 1.50. The molecule has 1 atom stereocenters. The van der Waals surface area contributed by atoms with Gasteiger partial charge in [0.2, 0.25) is 0 Å². The summed E-state index contributed by atoms with van der Waals surface area (Å²) in [6.45, 7) is -1.01. The van der Waals surface area contributed by atoms with Gasteiger partial charge in [-0.3, -0.25) is 4.90 Å². The van der Waals surface area contributed by atoms with Gasteiger partial charge in [-0.2, -0.15) is 8.78 Å². The second-order valence-electron chi connectivity index (χ2n) is 6.60. The minimum Gasteiger partial charge on any atom is -0.460 e. The molecular formula is C22H22F2N2O4S. The second-order valence-corrected chi connectivity index (χ2v) is 6.98. The third kappa shape index (κ3) is 5.18. The SMILES string of the molecule is COCCOC(=O)C1=C(C)N(c2ccccc2)C(=S)NC1c1ccccc1OC(F)F. The number of para-hydroxylation sites is 2. The normalized spacial score (nSPS) is 16.4. The summed E-state index contributed by atoms with van der Waals surface area (Å²) in [5, 5.41) is 3.40.